The second-order valence-electron chi connectivity index (χ2n) is 5.17. The molecule has 2 unspecified atom stereocenters. The Labute approximate surface area is 107 Å². The highest BCUT2D eigenvalue weighted by atomic mass is 16.5. The highest BCUT2D eigenvalue weighted by Crippen LogP contribution is 2.28. The summed E-state index contributed by atoms with van der Waals surface area (Å²) in [6.45, 7) is 2.79. The van der Waals surface area contributed by atoms with Crippen LogP contribution in [0.2, 0.25) is 0 Å². The van der Waals surface area contributed by atoms with Crippen molar-refractivity contribution in [1.82, 2.24) is 14.9 Å². The van der Waals surface area contributed by atoms with Crippen LogP contribution in [0.3, 0.4) is 0 Å². The number of aryl methyl sites for hydroxylation is 1. The van der Waals surface area contributed by atoms with Crippen molar-refractivity contribution in [3.05, 3.63) is 17.7 Å². The number of nitrogens with one attached hydrogen (secondary N) is 1. The van der Waals surface area contributed by atoms with Crippen LogP contribution in [0.15, 0.2) is 6.20 Å². The van der Waals surface area contributed by atoms with E-state index in [0.29, 0.717) is 5.92 Å². The lowest BCUT2D eigenvalue weighted by atomic mass is 9.97. The average molecular weight is 249 g/mol. The summed E-state index contributed by atoms with van der Waals surface area (Å²) in [6, 6.07) is 0. The molecule has 5 heteroatoms. The summed E-state index contributed by atoms with van der Waals surface area (Å²) in [7, 11) is 1.47. The molecule has 1 fully saturated rings. The second kappa shape index (κ2) is 4.72. The Morgan fingerprint density at radius 1 is 1.56 bits per heavy atom. The molecule has 0 spiro atoms. The minimum absolute atomic E-state index is 0.00943. The third-order valence-corrected chi connectivity index (χ3v) is 4.08. The minimum atomic E-state index is -0.0927. The number of ether oxygens (including phenoxy) is 1. The number of methoxy groups -OCH3 is 1. The van der Waals surface area contributed by atoms with Gasteiger partial charge < -0.3 is 14.6 Å². The summed E-state index contributed by atoms with van der Waals surface area (Å²) < 4.78 is 7.10. The standard InChI is InChI=1S/C13H19N3O2/c1-18-13(17)10-2-3-11-7-15-12(16(11)8-10)9-4-5-14-6-9/h7,9-10,14H,2-6,8H2,1H3. The zero-order valence-electron chi connectivity index (χ0n) is 10.7. The van der Waals surface area contributed by atoms with Gasteiger partial charge in [-0.1, -0.05) is 0 Å². The van der Waals surface area contributed by atoms with Gasteiger partial charge in [0.05, 0.1) is 13.0 Å². The van der Waals surface area contributed by atoms with Crippen LogP contribution in [0.4, 0.5) is 0 Å². The minimum Gasteiger partial charge on any atom is -0.469 e. The van der Waals surface area contributed by atoms with E-state index in [-0.39, 0.29) is 11.9 Å². The zero-order valence-corrected chi connectivity index (χ0v) is 10.7. The fourth-order valence-electron chi connectivity index (χ4n) is 3.03. The Morgan fingerprint density at radius 2 is 2.44 bits per heavy atom. The number of imidazole rings is 1. The molecule has 0 saturated carbocycles. The first-order valence-corrected chi connectivity index (χ1v) is 6.62. The molecule has 98 valence electrons. The predicted molar refractivity (Wildman–Crippen MR) is 66.3 cm³/mol. The third kappa shape index (κ3) is 1.92. The van der Waals surface area contributed by atoms with Crippen LogP contribution in [-0.2, 0) is 22.5 Å². The second-order valence-corrected chi connectivity index (χ2v) is 5.17. The van der Waals surface area contributed by atoms with Gasteiger partial charge in [0, 0.05) is 30.9 Å². The normalized spacial score (nSPS) is 26.9. The predicted octanol–water partition coefficient (Wildman–Crippen LogP) is 0.695. The molecule has 2 atom stereocenters. The molecule has 3 rings (SSSR count). The number of hydrogen-bond donors (Lipinski definition) is 1. The lowest BCUT2D eigenvalue weighted by molar-refractivity contribution is -0.146. The van der Waals surface area contributed by atoms with Crippen molar-refractivity contribution in [2.24, 2.45) is 5.92 Å². The van der Waals surface area contributed by atoms with Crippen molar-refractivity contribution < 1.29 is 9.53 Å². The highest BCUT2D eigenvalue weighted by Gasteiger charge is 2.30. The van der Waals surface area contributed by atoms with Crippen molar-refractivity contribution in [2.75, 3.05) is 20.2 Å². The molecule has 0 radical (unpaired) electrons. The Hall–Kier alpha value is -1.36. The maximum Gasteiger partial charge on any atom is 0.310 e. The van der Waals surface area contributed by atoms with Gasteiger partial charge in [-0.15, -0.1) is 0 Å². The molecular weight excluding hydrogens is 230 g/mol. The molecule has 0 aliphatic carbocycles. The van der Waals surface area contributed by atoms with E-state index in [0.717, 1.165) is 44.7 Å². The van der Waals surface area contributed by atoms with Crippen LogP contribution in [0, 0.1) is 5.92 Å². The molecule has 2 aliphatic rings. The van der Waals surface area contributed by atoms with Crippen LogP contribution >= 0.6 is 0 Å². The summed E-state index contributed by atoms with van der Waals surface area (Å²) in [4.78, 5) is 16.2. The number of nitrogens with zero attached hydrogens (tertiary/aromatic N) is 2. The van der Waals surface area contributed by atoms with Crippen LogP contribution in [0.5, 0.6) is 0 Å². The largest absolute Gasteiger partial charge is 0.469 e. The number of aromatic nitrogens is 2. The van der Waals surface area contributed by atoms with Gasteiger partial charge in [0.25, 0.3) is 0 Å². The molecule has 1 saturated heterocycles. The number of carbonyl (C=O) groups excluding carboxylic acids is 1. The SMILES string of the molecule is COC(=O)C1CCc2cnc(C3CCNC3)n2C1. The van der Waals surface area contributed by atoms with Crippen molar-refractivity contribution in [1.29, 1.82) is 0 Å². The molecule has 2 aliphatic heterocycles. The van der Waals surface area contributed by atoms with Crippen LogP contribution in [0.25, 0.3) is 0 Å². The Bertz CT molecular complexity index is 449. The van der Waals surface area contributed by atoms with E-state index in [1.165, 1.54) is 12.8 Å². The molecule has 5 nitrogen and oxygen atoms in total. The fourth-order valence-corrected chi connectivity index (χ4v) is 3.03. The smallest absolute Gasteiger partial charge is 0.310 e. The van der Waals surface area contributed by atoms with Crippen LogP contribution in [-0.4, -0.2) is 35.7 Å². The van der Waals surface area contributed by atoms with E-state index in [2.05, 4.69) is 14.9 Å². The van der Waals surface area contributed by atoms with Crippen molar-refractivity contribution in [3.8, 4) is 0 Å². The van der Waals surface area contributed by atoms with Crippen molar-refractivity contribution >= 4 is 5.97 Å². The van der Waals surface area contributed by atoms with E-state index < -0.39 is 0 Å². The number of fused-ring (bicyclic) bond motifs is 1. The molecular formula is C13H19N3O2. The molecule has 1 N–H and O–H groups in total. The number of carbonyl (C=O) groups is 1. The fraction of sp³-hybridized carbons (Fsp3) is 0.692. The third-order valence-electron chi connectivity index (χ3n) is 4.08. The van der Waals surface area contributed by atoms with Gasteiger partial charge in [-0.3, -0.25) is 4.79 Å². The molecule has 1 aromatic rings. The number of hydrogen-bond acceptors (Lipinski definition) is 4. The summed E-state index contributed by atoms with van der Waals surface area (Å²) in [5, 5.41) is 3.37. The van der Waals surface area contributed by atoms with Gasteiger partial charge in [0.15, 0.2) is 0 Å². The summed E-state index contributed by atoms with van der Waals surface area (Å²) in [6.07, 6.45) is 4.91. The van der Waals surface area contributed by atoms with E-state index in [4.69, 9.17) is 4.74 Å². The van der Waals surface area contributed by atoms with Crippen LogP contribution in [0.1, 0.15) is 30.3 Å². The first-order chi connectivity index (χ1) is 8.79. The number of esters is 1. The first-order valence-electron chi connectivity index (χ1n) is 6.62. The molecule has 0 amide bonds. The van der Waals surface area contributed by atoms with E-state index in [1.807, 2.05) is 6.20 Å². The number of rotatable bonds is 2. The van der Waals surface area contributed by atoms with Gasteiger partial charge in [-0.2, -0.15) is 0 Å². The first kappa shape index (κ1) is 11.7. The van der Waals surface area contributed by atoms with E-state index in [9.17, 15) is 4.79 Å². The molecule has 3 heterocycles. The van der Waals surface area contributed by atoms with Gasteiger partial charge in [0.1, 0.15) is 5.82 Å². The monoisotopic (exact) mass is 249 g/mol. The van der Waals surface area contributed by atoms with E-state index >= 15 is 0 Å². The topological polar surface area (TPSA) is 56.1 Å². The summed E-state index contributed by atoms with van der Waals surface area (Å²) >= 11 is 0. The summed E-state index contributed by atoms with van der Waals surface area (Å²) in [5.74, 6) is 1.54. The lowest BCUT2D eigenvalue weighted by Gasteiger charge is -2.24. The van der Waals surface area contributed by atoms with Gasteiger partial charge in [-0.05, 0) is 25.8 Å². The quantitative estimate of drug-likeness (QED) is 0.784. The van der Waals surface area contributed by atoms with Crippen molar-refractivity contribution in [3.63, 3.8) is 0 Å². The molecule has 1 aromatic heterocycles. The van der Waals surface area contributed by atoms with Gasteiger partial charge >= 0.3 is 5.97 Å². The van der Waals surface area contributed by atoms with Gasteiger partial charge in [0.2, 0.25) is 0 Å². The Morgan fingerprint density at radius 3 is 3.17 bits per heavy atom. The zero-order chi connectivity index (χ0) is 12.5. The summed E-state index contributed by atoms with van der Waals surface area (Å²) in [5.41, 5.74) is 1.26. The molecule has 0 aromatic carbocycles. The molecule has 0 bridgehead atoms. The maximum atomic E-state index is 11.7. The lowest BCUT2D eigenvalue weighted by Crippen LogP contribution is -2.29. The Balaban J connectivity index is 1.84. The van der Waals surface area contributed by atoms with E-state index in [1.54, 1.807) is 0 Å². The van der Waals surface area contributed by atoms with Crippen molar-refractivity contribution in [2.45, 2.75) is 31.7 Å². The Kier molecular flexibility index (Phi) is 3.07. The maximum absolute atomic E-state index is 11.7. The highest BCUT2D eigenvalue weighted by molar-refractivity contribution is 5.72. The van der Waals surface area contributed by atoms with Gasteiger partial charge in [-0.25, -0.2) is 4.98 Å². The average Bonchev–Trinajstić information content (AvgIpc) is 3.05. The molecule has 18 heavy (non-hydrogen) atoms. The van der Waals surface area contributed by atoms with Crippen LogP contribution < -0.4 is 5.32 Å².